The van der Waals surface area contributed by atoms with Crippen LogP contribution in [-0.2, 0) is 57.5 Å². The molecule has 3 fully saturated rings. The normalized spacial score (nSPS) is 19.7. The number of nitrogens with two attached hydrogens (primary N) is 7. The van der Waals surface area contributed by atoms with Gasteiger partial charge in [-0.25, -0.2) is 4.79 Å². The highest BCUT2D eigenvalue weighted by Crippen LogP contribution is 2.27. The van der Waals surface area contributed by atoms with E-state index < -0.39 is 151 Å². The molecule has 3 heterocycles. The molecule has 3 aliphatic rings. The second-order valence-corrected chi connectivity index (χ2v) is 19.6. The minimum Gasteiger partial charge on any atom is -0.480 e. The van der Waals surface area contributed by atoms with Gasteiger partial charge >= 0.3 is 5.97 Å². The van der Waals surface area contributed by atoms with E-state index in [0.717, 1.165) is 4.90 Å². The smallest absolute Gasteiger partial charge is 0.326 e. The number of carboxylic acids is 1. The summed E-state index contributed by atoms with van der Waals surface area (Å²) in [5.41, 5.74) is 38.3. The number of likely N-dealkylation sites (tertiary alicyclic amines) is 3. The Morgan fingerprint density at radius 1 is 0.538 bits per heavy atom. The number of aliphatic carboxylic acids is 1. The third kappa shape index (κ3) is 20.0. The maximum atomic E-state index is 14.4. The first kappa shape index (κ1) is 65.0. The summed E-state index contributed by atoms with van der Waals surface area (Å²) in [5, 5.41) is 34.9. The summed E-state index contributed by atoms with van der Waals surface area (Å²) < 4.78 is 0. The molecule has 0 aromatic heterocycles. The number of aliphatic imine (C=N–C) groups is 1. The molecule has 31 heteroatoms. The van der Waals surface area contributed by atoms with Crippen LogP contribution in [0.2, 0.25) is 0 Å². The number of nitrogens with one attached hydrogen (secondary N) is 6. The van der Waals surface area contributed by atoms with Gasteiger partial charge in [-0.2, -0.15) is 0 Å². The number of carboxylic acid groups (broad SMARTS) is 1. The number of aliphatic hydroxyl groups is 1. The molecule has 3 rings (SSSR count). The number of unbranched alkanes of at least 4 members (excludes halogenated alkanes) is 2. The minimum absolute atomic E-state index is 0.0119. The SMILES string of the molecule is C[C@H](NC(=O)[C@H](CC(N)=O)NC(=O)[C@H](CCCCN)NC(=O)[C@@H](N)CC(N)=O)C(=O)N[C@@H](CCCCN)C(=O)N1CCCC1C(=O)N1CCCC1C(=O)N[C@@H](CO)C(=O)N1CCCC1C(=O)N[C@@H](CCCN=C(N)N)C(=O)O. The summed E-state index contributed by atoms with van der Waals surface area (Å²) in [5.74, 6) is -10.6. The molecule has 78 heavy (non-hydrogen) atoms. The van der Waals surface area contributed by atoms with Gasteiger partial charge in [0.25, 0.3) is 0 Å². The molecule has 0 spiro atoms. The van der Waals surface area contributed by atoms with Gasteiger partial charge in [0.15, 0.2) is 5.96 Å². The van der Waals surface area contributed by atoms with Crippen molar-refractivity contribution < 1.29 is 67.7 Å². The average molecular weight is 1110 g/mol. The van der Waals surface area contributed by atoms with Crippen LogP contribution >= 0.6 is 0 Å². The largest absolute Gasteiger partial charge is 0.480 e. The van der Waals surface area contributed by atoms with Crippen LogP contribution in [-0.4, -0.2) is 208 Å². The van der Waals surface area contributed by atoms with Crippen LogP contribution in [0.1, 0.15) is 110 Å². The highest BCUT2D eigenvalue weighted by Gasteiger charge is 2.45. The van der Waals surface area contributed by atoms with Gasteiger partial charge < -0.3 is 96.9 Å². The molecule has 0 radical (unpaired) electrons. The molecule has 22 N–H and O–H groups in total. The lowest BCUT2D eigenvalue weighted by atomic mass is 10.1. The molecule has 438 valence electrons. The van der Waals surface area contributed by atoms with E-state index in [2.05, 4.69) is 36.9 Å². The first-order chi connectivity index (χ1) is 36.9. The third-order valence-electron chi connectivity index (χ3n) is 13.5. The topological polar surface area (TPSA) is 522 Å². The van der Waals surface area contributed by atoms with E-state index >= 15 is 0 Å². The summed E-state index contributed by atoms with van der Waals surface area (Å²) in [4.78, 5) is 166. The predicted molar refractivity (Wildman–Crippen MR) is 278 cm³/mol. The maximum Gasteiger partial charge on any atom is 0.326 e. The standard InChI is InChI=1S/C47H81N17O14/c1-25(56-40(71)30(23-36(52)67)60-39(70)27(10-2-4-16-48)57-38(69)26(50)22-35(51)66)37(68)58-28(11-3-5-17-49)43(74)64-21-9-15-34(64)45(76)63-20-8-14-33(63)42(73)61-31(24-65)44(75)62-19-7-13-32(62)41(72)59-29(46(77)78)12-6-18-55-47(53)54/h25-34,65H,2-24,48-50H2,1H3,(H2,51,66)(H2,52,67)(H,56,71)(H,57,69)(H,58,68)(H,59,72)(H,60,70)(H,61,73)(H,77,78)(H4,53,54,55)/t25-,26-,27-,28-,29-,30-,31-,32?,33?,34?/m0/s1. The lowest BCUT2D eigenvalue weighted by molar-refractivity contribution is -0.149. The highest BCUT2D eigenvalue weighted by molar-refractivity contribution is 6.00. The molecule has 0 aliphatic carbocycles. The average Bonchev–Trinajstić information content (AvgIpc) is 4.19. The Morgan fingerprint density at radius 3 is 1.54 bits per heavy atom. The number of primary amides is 2. The fraction of sp³-hybridized carbons (Fsp3) is 0.723. The molecule has 0 saturated carbocycles. The van der Waals surface area contributed by atoms with E-state index in [1.165, 1.54) is 16.7 Å². The number of carbonyl (C=O) groups excluding carboxylic acids is 11. The molecule has 3 saturated heterocycles. The van der Waals surface area contributed by atoms with Gasteiger partial charge in [0.05, 0.1) is 25.5 Å². The van der Waals surface area contributed by atoms with Gasteiger partial charge in [0.2, 0.25) is 65.0 Å². The molecule has 3 unspecified atom stereocenters. The second-order valence-electron chi connectivity index (χ2n) is 19.6. The van der Waals surface area contributed by atoms with E-state index in [4.69, 9.17) is 40.1 Å². The van der Waals surface area contributed by atoms with Gasteiger partial charge in [0.1, 0.15) is 54.4 Å². The third-order valence-corrected chi connectivity index (χ3v) is 13.5. The van der Waals surface area contributed by atoms with Crippen LogP contribution < -0.4 is 72.0 Å². The molecule has 0 aromatic carbocycles. The molecular weight excluding hydrogens is 1030 g/mol. The molecule has 3 aliphatic heterocycles. The van der Waals surface area contributed by atoms with Crippen molar-refractivity contribution in [3.05, 3.63) is 0 Å². The molecule has 0 aromatic rings. The van der Waals surface area contributed by atoms with Gasteiger partial charge in [-0.3, -0.25) is 57.7 Å². The van der Waals surface area contributed by atoms with Crippen LogP contribution in [0.3, 0.4) is 0 Å². The van der Waals surface area contributed by atoms with Gasteiger partial charge in [-0.1, -0.05) is 0 Å². The molecule has 11 amide bonds. The Morgan fingerprint density at radius 2 is 1.00 bits per heavy atom. The lowest BCUT2D eigenvalue weighted by Crippen LogP contribution is -2.60. The fourth-order valence-corrected chi connectivity index (χ4v) is 9.43. The van der Waals surface area contributed by atoms with Crippen molar-refractivity contribution in [2.24, 2.45) is 45.1 Å². The van der Waals surface area contributed by atoms with Crippen molar-refractivity contribution in [1.82, 2.24) is 46.6 Å². The van der Waals surface area contributed by atoms with Crippen molar-refractivity contribution in [3.8, 4) is 0 Å². The molecule has 31 nitrogen and oxygen atoms in total. The highest BCUT2D eigenvalue weighted by atomic mass is 16.4. The van der Waals surface area contributed by atoms with Crippen molar-refractivity contribution in [2.45, 2.75) is 170 Å². The Labute approximate surface area is 451 Å². The first-order valence-electron chi connectivity index (χ1n) is 26.3. The van der Waals surface area contributed by atoms with Crippen LogP contribution in [0, 0.1) is 0 Å². The van der Waals surface area contributed by atoms with E-state index in [9.17, 15) is 67.7 Å². The molecule has 10 atom stereocenters. The summed E-state index contributed by atoms with van der Waals surface area (Å²) in [6.07, 6.45) is 2.31. The van der Waals surface area contributed by atoms with E-state index in [1.54, 1.807) is 0 Å². The summed E-state index contributed by atoms with van der Waals surface area (Å²) in [6.45, 7) is 1.32. The quantitative estimate of drug-likeness (QED) is 0.0165. The number of aliphatic hydroxyl groups excluding tert-OH is 1. The van der Waals surface area contributed by atoms with Crippen LogP contribution in [0.4, 0.5) is 0 Å². The van der Waals surface area contributed by atoms with Gasteiger partial charge in [-0.05, 0) is 110 Å². The van der Waals surface area contributed by atoms with Crippen LogP contribution in [0.15, 0.2) is 4.99 Å². The number of rotatable bonds is 33. The number of amides is 11. The zero-order valence-electron chi connectivity index (χ0n) is 44.2. The maximum absolute atomic E-state index is 14.4. The van der Waals surface area contributed by atoms with E-state index in [0.29, 0.717) is 44.9 Å². The molecular formula is C47H81N17O14. The van der Waals surface area contributed by atoms with E-state index in [1.807, 2.05) is 0 Å². The van der Waals surface area contributed by atoms with Gasteiger partial charge in [0, 0.05) is 26.2 Å². The first-order valence-corrected chi connectivity index (χ1v) is 26.3. The monoisotopic (exact) mass is 1110 g/mol. The van der Waals surface area contributed by atoms with Crippen molar-refractivity contribution in [2.75, 3.05) is 45.9 Å². The van der Waals surface area contributed by atoms with Crippen LogP contribution in [0.5, 0.6) is 0 Å². The minimum atomic E-state index is -1.65. The van der Waals surface area contributed by atoms with Crippen LogP contribution in [0.25, 0.3) is 0 Å². The number of hydrogen-bond acceptors (Lipinski definition) is 17. The Balaban J connectivity index is 1.72. The number of nitrogens with zero attached hydrogens (tertiary/aromatic N) is 4. The lowest BCUT2D eigenvalue weighted by Gasteiger charge is -2.34. The van der Waals surface area contributed by atoms with Crippen molar-refractivity contribution >= 4 is 76.9 Å². The fourth-order valence-electron chi connectivity index (χ4n) is 9.43. The molecule has 0 bridgehead atoms. The number of carbonyl (C=O) groups is 12. The second kappa shape index (κ2) is 32.5. The zero-order chi connectivity index (χ0) is 58.2. The zero-order valence-corrected chi connectivity index (χ0v) is 44.2. The Hall–Kier alpha value is -7.25. The van der Waals surface area contributed by atoms with E-state index in [-0.39, 0.29) is 90.2 Å². The predicted octanol–water partition coefficient (Wildman–Crippen LogP) is -7.65. The Bertz CT molecular complexity index is 2180. The Kier molecular flexibility index (Phi) is 27.1. The summed E-state index contributed by atoms with van der Waals surface area (Å²) in [6, 6.07) is -13.1. The van der Waals surface area contributed by atoms with Crippen molar-refractivity contribution in [3.63, 3.8) is 0 Å². The summed E-state index contributed by atoms with van der Waals surface area (Å²) in [7, 11) is 0. The number of guanidine groups is 1. The van der Waals surface area contributed by atoms with Crippen molar-refractivity contribution in [1.29, 1.82) is 0 Å². The van der Waals surface area contributed by atoms with Gasteiger partial charge in [-0.15, -0.1) is 0 Å². The number of hydrogen-bond donors (Lipinski definition) is 15. The summed E-state index contributed by atoms with van der Waals surface area (Å²) >= 11 is 0.